The van der Waals surface area contributed by atoms with Gasteiger partial charge >= 0.3 is 68.9 Å². The molecular formula is C18H25CsO4. The fourth-order valence-electron chi connectivity index (χ4n) is 2.79. The summed E-state index contributed by atoms with van der Waals surface area (Å²) in [5.41, 5.74) is 1.12. The molecule has 0 radical (unpaired) electrons. The molecule has 0 spiro atoms. The minimum atomic E-state index is -0.109. The van der Waals surface area contributed by atoms with Gasteiger partial charge in [-0.3, -0.25) is 0 Å². The van der Waals surface area contributed by atoms with Crippen molar-refractivity contribution in [1.82, 2.24) is 0 Å². The Labute approximate surface area is 198 Å². The second-order valence-electron chi connectivity index (χ2n) is 6.24. The van der Waals surface area contributed by atoms with Gasteiger partial charge in [0.05, 0.1) is 13.2 Å². The molecule has 1 unspecified atom stereocenters. The van der Waals surface area contributed by atoms with Crippen LogP contribution in [0.3, 0.4) is 0 Å². The van der Waals surface area contributed by atoms with Crippen molar-refractivity contribution in [1.29, 1.82) is 0 Å². The number of hydrogen-bond acceptors (Lipinski definition) is 4. The van der Waals surface area contributed by atoms with E-state index in [9.17, 15) is 0 Å². The van der Waals surface area contributed by atoms with Gasteiger partial charge in [-0.15, -0.1) is 5.92 Å². The van der Waals surface area contributed by atoms with Crippen LogP contribution in [0.1, 0.15) is 31.7 Å². The summed E-state index contributed by atoms with van der Waals surface area (Å²) >= 11 is 0. The molecule has 0 amide bonds. The summed E-state index contributed by atoms with van der Waals surface area (Å²) in [5.74, 6) is 2.00. The van der Waals surface area contributed by atoms with Crippen molar-refractivity contribution in [3.05, 3.63) is 36.4 Å². The maximum Gasteiger partial charge on any atom is 1.00 e. The molecule has 5 heteroatoms. The number of rotatable bonds is 6. The maximum atomic E-state index is 5.93. The molecule has 2 heterocycles. The zero-order valence-corrected chi connectivity index (χ0v) is 20.5. The first-order valence-corrected chi connectivity index (χ1v) is 8.19. The Morgan fingerprint density at radius 1 is 1.26 bits per heavy atom. The van der Waals surface area contributed by atoms with Crippen LogP contribution in [0, 0.1) is 18.4 Å². The van der Waals surface area contributed by atoms with Crippen LogP contribution < -0.4 is 73.6 Å². The zero-order valence-electron chi connectivity index (χ0n) is 14.2. The van der Waals surface area contributed by atoms with Gasteiger partial charge in [0.15, 0.2) is 0 Å². The molecule has 1 aromatic rings. The molecule has 2 fully saturated rings. The van der Waals surface area contributed by atoms with Gasteiger partial charge in [-0.05, 0) is 42.9 Å². The second-order valence-corrected chi connectivity index (χ2v) is 6.24. The zero-order chi connectivity index (χ0) is 15.2. The van der Waals surface area contributed by atoms with Crippen LogP contribution in [0.25, 0.3) is 0 Å². The van der Waals surface area contributed by atoms with Crippen molar-refractivity contribution in [2.75, 3.05) is 19.8 Å². The summed E-state index contributed by atoms with van der Waals surface area (Å²) in [6.07, 6.45) is 3.01. The van der Waals surface area contributed by atoms with Crippen LogP contribution in [-0.4, -0.2) is 26.1 Å². The molecule has 0 aromatic heterocycles. The monoisotopic (exact) mass is 438 g/mol. The van der Waals surface area contributed by atoms with E-state index in [-0.39, 0.29) is 75.2 Å². The van der Waals surface area contributed by atoms with Crippen molar-refractivity contribution in [3.8, 4) is 5.75 Å². The second kappa shape index (κ2) is 10.8. The van der Waals surface area contributed by atoms with Crippen LogP contribution in [0.5, 0.6) is 5.75 Å². The van der Waals surface area contributed by atoms with E-state index in [2.05, 4.69) is 19.1 Å². The van der Waals surface area contributed by atoms with E-state index in [1.165, 1.54) is 0 Å². The van der Waals surface area contributed by atoms with Crippen LogP contribution in [0.15, 0.2) is 24.3 Å². The predicted octanol–water partition coefficient (Wildman–Crippen LogP) is 0.557. The fourth-order valence-corrected chi connectivity index (χ4v) is 2.79. The molecule has 0 bridgehead atoms. The number of benzene rings is 1. The molecule has 2 atom stereocenters. The molecule has 1 aromatic carbocycles. The number of ether oxygens (including phenoxy) is 4. The largest absolute Gasteiger partial charge is 1.00 e. The standard InChI is InChI=1S/C18H25O4.Cs/c1-14-9-18(21-11-14)22-13-16-3-2-4-17(10-16)20-12-15-5-7-19-8-6-15;/h2-4,10-11,14-15,18H,5-9,12-13H2,1H3;/q-1;+1/t14-,18?;/m1./s1. The van der Waals surface area contributed by atoms with Gasteiger partial charge in [-0.1, -0.05) is 19.1 Å². The number of hydrogen-bond donors (Lipinski definition) is 0. The van der Waals surface area contributed by atoms with Crippen molar-refractivity contribution >= 4 is 0 Å². The average molecular weight is 438 g/mol. The van der Waals surface area contributed by atoms with Gasteiger partial charge in [0, 0.05) is 13.2 Å². The van der Waals surface area contributed by atoms with Crippen molar-refractivity contribution in [2.24, 2.45) is 11.8 Å². The summed E-state index contributed by atoms with van der Waals surface area (Å²) in [6, 6.07) is 8.14. The Hall–Kier alpha value is 0.952. The molecule has 3 rings (SSSR count). The van der Waals surface area contributed by atoms with Gasteiger partial charge < -0.3 is 18.9 Å². The van der Waals surface area contributed by atoms with Crippen molar-refractivity contribution in [3.63, 3.8) is 0 Å². The molecule has 2 aliphatic rings. The predicted molar refractivity (Wildman–Crippen MR) is 83.2 cm³/mol. The maximum absolute atomic E-state index is 5.93. The van der Waals surface area contributed by atoms with Gasteiger partial charge in [0.2, 0.25) is 0 Å². The summed E-state index contributed by atoms with van der Waals surface area (Å²) < 4.78 is 22.5. The van der Waals surface area contributed by atoms with Crippen LogP contribution in [0.2, 0.25) is 0 Å². The van der Waals surface area contributed by atoms with Gasteiger partial charge in [-0.2, -0.15) is 0 Å². The van der Waals surface area contributed by atoms with E-state index in [1.54, 1.807) is 0 Å². The van der Waals surface area contributed by atoms with Crippen LogP contribution >= 0.6 is 0 Å². The molecule has 2 saturated heterocycles. The van der Waals surface area contributed by atoms with E-state index in [0.717, 1.165) is 50.4 Å². The Morgan fingerprint density at radius 2 is 2.09 bits per heavy atom. The van der Waals surface area contributed by atoms with E-state index >= 15 is 0 Å². The Morgan fingerprint density at radius 3 is 2.83 bits per heavy atom. The third-order valence-corrected chi connectivity index (χ3v) is 4.19. The molecule has 2 aliphatic heterocycles. The topological polar surface area (TPSA) is 36.9 Å². The molecule has 122 valence electrons. The van der Waals surface area contributed by atoms with E-state index in [0.29, 0.717) is 18.4 Å². The normalized spacial score (nSPS) is 25.1. The fraction of sp³-hybridized carbons (Fsp3) is 0.611. The summed E-state index contributed by atoms with van der Waals surface area (Å²) in [5, 5.41) is 0. The quantitative estimate of drug-likeness (QED) is 0.609. The Kier molecular flexibility index (Phi) is 9.55. The Balaban J connectivity index is 0.00000192. The Bertz CT molecular complexity index is 438. The van der Waals surface area contributed by atoms with Gasteiger partial charge in [0.1, 0.15) is 12.0 Å². The average Bonchev–Trinajstić information content (AvgIpc) is 2.98. The smallest absolute Gasteiger partial charge is 0.529 e. The van der Waals surface area contributed by atoms with Crippen molar-refractivity contribution in [2.45, 2.75) is 39.1 Å². The molecule has 0 aliphatic carbocycles. The molecule has 0 N–H and O–H groups in total. The van der Waals surface area contributed by atoms with E-state index in [4.69, 9.17) is 18.9 Å². The summed E-state index contributed by atoms with van der Waals surface area (Å²) in [6.45, 7) is 7.04. The molecule has 23 heavy (non-hydrogen) atoms. The first-order valence-electron chi connectivity index (χ1n) is 8.19. The third kappa shape index (κ3) is 7.00. The molecule has 4 nitrogen and oxygen atoms in total. The van der Waals surface area contributed by atoms with Crippen LogP contribution in [0.4, 0.5) is 0 Å². The van der Waals surface area contributed by atoms with E-state index < -0.39 is 0 Å². The minimum absolute atomic E-state index is 0. The molecular weight excluding hydrogens is 413 g/mol. The minimum Gasteiger partial charge on any atom is -0.529 e. The third-order valence-electron chi connectivity index (χ3n) is 4.19. The van der Waals surface area contributed by atoms with Gasteiger partial charge in [0.25, 0.3) is 0 Å². The van der Waals surface area contributed by atoms with Crippen LogP contribution in [-0.2, 0) is 20.8 Å². The SMILES string of the molecule is C[C@H]1[CH-]OC(OCc2cccc(OCC3CCOCC3)c2)C1.[Cs+]. The first-order chi connectivity index (χ1) is 10.8. The summed E-state index contributed by atoms with van der Waals surface area (Å²) in [7, 11) is 0. The van der Waals surface area contributed by atoms with E-state index in [1.807, 2.05) is 18.7 Å². The molecule has 0 saturated carbocycles. The van der Waals surface area contributed by atoms with Gasteiger partial charge in [-0.25, -0.2) is 6.61 Å². The van der Waals surface area contributed by atoms with Crippen molar-refractivity contribution < 1.29 is 87.8 Å². The summed E-state index contributed by atoms with van der Waals surface area (Å²) in [4.78, 5) is 0. The first kappa shape index (κ1) is 20.3.